The van der Waals surface area contributed by atoms with Crippen LogP contribution in [0.15, 0.2) is 46.3 Å². The van der Waals surface area contributed by atoms with Crippen molar-refractivity contribution >= 4 is 23.4 Å². The molecule has 24 heavy (non-hydrogen) atoms. The zero-order chi connectivity index (χ0) is 17.5. The van der Waals surface area contributed by atoms with Gasteiger partial charge < -0.3 is 9.88 Å². The molecule has 1 heterocycles. The summed E-state index contributed by atoms with van der Waals surface area (Å²) in [5.74, 6) is -0.00255. The number of nitrogens with one attached hydrogen (secondary N) is 1. The molecule has 1 aromatic carbocycles. The van der Waals surface area contributed by atoms with Gasteiger partial charge in [-0.05, 0) is 32.4 Å². The van der Waals surface area contributed by atoms with E-state index < -0.39 is 0 Å². The normalized spacial score (nSPS) is 12.0. The fourth-order valence-electron chi connectivity index (χ4n) is 2.43. The second-order valence-corrected chi connectivity index (χ2v) is 6.80. The lowest BCUT2D eigenvalue weighted by Gasteiger charge is -2.24. The third-order valence-electron chi connectivity index (χ3n) is 3.57. The molecule has 0 saturated heterocycles. The summed E-state index contributed by atoms with van der Waals surface area (Å²) in [7, 11) is 0. The molecular weight excluding hydrogens is 322 g/mol. The number of benzene rings is 1. The number of carbonyl (C=O) groups excluding carboxylic acids is 1. The number of aryl methyl sites for hydroxylation is 1. The lowest BCUT2D eigenvalue weighted by Crippen LogP contribution is -2.36. The number of para-hydroxylation sites is 1. The second kappa shape index (κ2) is 8.68. The van der Waals surface area contributed by atoms with Gasteiger partial charge in [0.1, 0.15) is 0 Å². The van der Waals surface area contributed by atoms with Crippen molar-refractivity contribution in [3.8, 4) is 0 Å². The average Bonchev–Trinajstić information content (AvgIpc) is 2.56. The van der Waals surface area contributed by atoms with E-state index in [2.05, 4.69) is 9.97 Å². The predicted octanol–water partition coefficient (Wildman–Crippen LogP) is 3.26. The monoisotopic (exact) mass is 345 g/mol. The van der Waals surface area contributed by atoms with Crippen molar-refractivity contribution in [2.75, 3.05) is 11.4 Å². The molecule has 128 valence electrons. The Labute approximate surface area is 146 Å². The molecule has 0 aliphatic heterocycles. The summed E-state index contributed by atoms with van der Waals surface area (Å²) >= 11 is 1.29. The summed E-state index contributed by atoms with van der Waals surface area (Å²) in [5, 5.41) is 0.154. The van der Waals surface area contributed by atoms with Crippen molar-refractivity contribution in [1.29, 1.82) is 0 Å². The Bertz CT molecular complexity index is 731. The van der Waals surface area contributed by atoms with Gasteiger partial charge in [0.25, 0.3) is 5.56 Å². The molecule has 5 nitrogen and oxygen atoms in total. The number of rotatable bonds is 7. The van der Waals surface area contributed by atoms with Crippen LogP contribution in [0.3, 0.4) is 0 Å². The molecule has 2 rings (SSSR count). The van der Waals surface area contributed by atoms with Crippen molar-refractivity contribution in [1.82, 2.24) is 9.97 Å². The summed E-state index contributed by atoms with van der Waals surface area (Å²) in [6.45, 7) is 6.42. The summed E-state index contributed by atoms with van der Waals surface area (Å²) < 4.78 is 0. The van der Waals surface area contributed by atoms with Crippen molar-refractivity contribution < 1.29 is 4.79 Å². The van der Waals surface area contributed by atoms with E-state index in [-0.39, 0.29) is 16.7 Å². The maximum atomic E-state index is 12.8. The first-order chi connectivity index (χ1) is 11.5. The van der Waals surface area contributed by atoms with Crippen LogP contribution in [0.1, 0.15) is 32.9 Å². The fourth-order valence-corrected chi connectivity index (χ4v) is 3.33. The summed E-state index contributed by atoms with van der Waals surface area (Å²) in [4.78, 5) is 33.4. The number of aromatic nitrogens is 2. The first-order valence-electron chi connectivity index (χ1n) is 8.18. The largest absolute Gasteiger partial charge is 0.312 e. The van der Waals surface area contributed by atoms with E-state index in [1.165, 1.54) is 17.8 Å². The first kappa shape index (κ1) is 18.3. The quantitative estimate of drug-likeness (QED) is 0.618. The highest BCUT2D eigenvalue weighted by Crippen LogP contribution is 2.23. The molecule has 1 N–H and O–H groups in total. The Morgan fingerprint density at radius 3 is 2.62 bits per heavy atom. The lowest BCUT2D eigenvalue weighted by atomic mass is 10.2. The molecule has 2 aromatic rings. The smallest absolute Gasteiger partial charge is 0.251 e. The standard InChI is InChI=1S/C18H23N3O2S/c1-4-9-14-12-16(22)20-18(19-14)24-13(3)17(23)21(5-2)15-10-7-6-8-11-15/h6-8,10-13H,4-5,9H2,1-3H3,(H,19,20,22). The van der Waals surface area contributed by atoms with Crippen LogP contribution < -0.4 is 10.5 Å². The van der Waals surface area contributed by atoms with Crippen LogP contribution in [0.25, 0.3) is 0 Å². The number of H-pyrrole nitrogens is 1. The second-order valence-electron chi connectivity index (χ2n) is 5.47. The van der Waals surface area contributed by atoms with Crippen molar-refractivity contribution in [2.45, 2.75) is 44.0 Å². The molecule has 1 aromatic heterocycles. The molecule has 1 amide bonds. The van der Waals surface area contributed by atoms with Gasteiger partial charge in [0, 0.05) is 24.0 Å². The Hall–Kier alpha value is -2.08. The minimum absolute atomic E-state index is 0.00255. The van der Waals surface area contributed by atoms with Crippen LogP contribution in [0.5, 0.6) is 0 Å². The van der Waals surface area contributed by atoms with Crippen LogP contribution in [-0.2, 0) is 11.2 Å². The Morgan fingerprint density at radius 2 is 2.00 bits per heavy atom. The van der Waals surface area contributed by atoms with Crippen molar-refractivity contribution in [3.05, 3.63) is 52.4 Å². The van der Waals surface area contributed by atoms with E-state index in [9.17, 15) is 9.59 Å². The topological polar surface area (TPSA) is 66.1 Å². The molecule has 0 spiro atoms. The SMILES string of the molecule is CCCc1cc(=O)[nH]c(SC(C)C(=O)N(CC)c2ccccc2)n1. The zero-order valence-corrected chi connectivity index (χ0v) is 15.1. The maximum absolute atomic E-state index is 12.8. The van der Waals surface area contributed by atoms with Gasteiger partial charge in [-0.15, -0.1) is 0 Å². The average molecular weight is 345 g/mol. The number of carbonyl (C=O) groups is 1. The van der Waals surface area contributed by atoms with Gasteiger partial charge in [0.15, 0.2) is 5.16 Å². The Kier molecular flexibility index (Phi) is 6.61. The number of nitrogens with zero attached hydrogens (tertiary/aromatic N) is 2. The number of amides is 1. The van der Waals surface area contributed by atoms with E-state index in [1.807, 2.05) is 51.1 Å². The lowest BCUT2D eigenvalue weighted by molar-refractivity contribution is -0.117. The summed E-state index contributed by atoms with van der Waals surface area (Å²) in [6.07, 6.45) is 1.68. The number of thioether (sulfide) groups is 1. The van der Waals surface area contributed by atoms with E-state index in [1.54, 1.807) is 4.90 Å². The first-order valence-corrected chi connectivity index (χ1v) is 9.06. The highest BCUT2D eigenvalue weighted by molar-refractivity contribution is 8.00. The molecule has 0 fully saturated rings. The van der Waals surface area contributed by atoms with Gasteiger partial charge in [0.2, 0.25) is 5.91 Å². The van der Waals surface area contributed by atoms with Crippen molar-refractivity contribution in [2.24, 2.45) is 0 Å². The van der Waals surface area contributed by atoms with Crippen LogP contribution >= 0.6 is 11.8 Å². The molecule has 0 aliphatic carbocycles. The molecule has 0 aliphatic rings. The van der Waals surface area contributed by atoms with E-state index in [4.69, 9.17) is 0 Å². The maximum Gasteiger partial charge on any atom is 0.251 e. The third-order valence-corrected chi connectivity index (χ3v) is 4.54. The van der Waals surface area contributed by atoms with Crippen LogP contribution in [0.4, 0.5) is 5.69 Å². The minimum Gasteiger partial charge on any atom is -0.312 e. The van der Waals surface area contributed by atoms with Crippen LogP contribution in [0, 0.1) is 0 Å². The van der Waals surface area contributed by atoms with Crippen molar-refractivity contribution in [3.63, 3.8) is 0 Å². The molecule has 0 saturated carbocycles. The van der Waals surface area contributed by atoms with Gasteiger partial charge >= 0.3 is 0 Å². The Balaban J connectivity index is 2.15. The van der Waals surface area contributed by atoms with Gasteiger partial charge in [-0.2, -0.15) is 0 Å². The highest BCUT2D eigenvalue weighted by Gasteiger charge is 2.22. The Morgan fingerprint density at radius 1 is 1.29 bits per heavy atom. The van der Waals surface area contributed by atoms with Gasteiger partial charge in [-0.1, -0.05) is 43.3 Å². The number of anilines is 1. The third kappa shape index (κ3) is 4.71. The predicted molar refractivity (Wildman–Crippen MR) is 98.6 cm³/mol. The van der Waals surface area contributed by atoms with E-state index in [0.29, 0.717) is 11.7 Å². The molecule has 0 radical (unpaired) electrons. The highest BCUT2D eigenvalue weighted by atomic mass is 32.2. The van der Waals surface area contributed by atoms with E-state index >= 15 is 0 Å². The summed E-state index contributed by atoms with van der Waals surface area (Å²) in [6, 6.07) is 11.1. The van der Waals surface area contributed by atoms with Gasteiger partial charge in [-0.3, -0.25) is 9.59 Å². The summed E-state index contributed by atoms with van der Waals surface area (Å²) in [5.41, 5.74) is 1.46. The van der Waals surface area contributed by atoms with E-state index in [0.717, 1.165) is 24.2 Å². The van der Waals surface area contributed by atoms with Gasteiger partial charge in [0.05, 0.1) is 5.25 Å². The van der Waals surface area contributed by atoms with Gasteiger partial charge in [-0.25, -0.2) is 4.98 Å². The van der Waals surface area contributed by atoms with Crippen LogP contribution in [0.2, 0.25) is 0 Å². The fraction of sp³-hybridized carbons (Fsp3) is 0.389. The minimum atomic E-state index is -0.342. The molecular formula is C18H23N3O2S. The van der Waals surface area contributed by atoms with Crippen LogP contribution in [-0.4, -0.2) is 27.7 Å². The number of hydrogen-bond donors (Lipinski definition) is 1. The zero-order valence-electron chi connectivity index (χ0n) is 14.3. The molecule has 1 atom stereocenters. The number of aromatic amines is 1. The molecule has 6 heteroatoms. The molecule has 1 unspecified atom stereocenters. The number of hydrogen-bond acceptors (Lipinski definition) is 4. The molecule has 0 bridgehead atoms.